The third-order valence-electron chi connectivity index (χ3n) is 5.37. The lowest BCUT2D eigenvalue weighted by Crippen LogP contribution is -2.52. The normalized spacial score (nSPS) is 22.5. The van der Waals surface area contributed by atoms with E-state index in [0.29, 0.717) is 13.1 Å². The number of halogens is 3. The monoisotopic (exact) mass is 461 g/mol. The molecule has 0 spiro atoms. The highest BCUT2D eigenvalue weighted by Gasteiger charge is 2.25. The second kappa shape index (κ2) is 9.83. The van der Waals surface area contributed by atoms with Crippen molar-refractivity contribution >= 4 is 11.7 Å². The van der Waals surface area contributed by atoms with Gasteiger partial charge in [0.1, 0.15) is 23.5 Å². The zero-order valence-corrected chi connectivity index (χ0v) is 18.1. The van der Waals surface area contributed by atoms with Crippen LogP contribution in [0.1, 0.15) is 30.5 Å². The Labute approximate surface area is 189 Å². The molecule has 0 aliphatic carbocycles. The molecule has 5 N–H and O–H groups in total. The summed E-state index contributed by atoms with van der Waals surface area (Å²) in [6.45, 7) is 2.76. The molecule has 2 aliphatic rings. The summed E-state index contributed by atoms with van der Waals surface area (Å²) in [7, 11) is 1.42. The van der Waals surface area contributed by atoms with E-state index in [1.54, 1.807) is 4.90 Å². The molecule has 0 amide bonds. The van der Waals surface area contributed by atoms with Crippen molar-refractivity contribution in [1.82, 2.24) is 20.7 Å². The van der Waals surface area contributed by atoms with Gasteiger partial charge < -0.3 is 20.7 Å². The lowest BCUT2D eigenvalue weighted by atomic mass is 10.0. The molecule has 0 saturated carbocycles. The van der Waals surface area contributed by atoms with Crippen LogP contribution in [0.5, 0.6) is 0 Å². The fraction of sp³-hybridized carbons (Fsp3) is 0.381. The first-order valence-corrected chi connectivity index (χ1v) is 10.1. The Balaban J connectivity index is 1.98. The van der Waals surface area contributed by atoms with E-state index in [0.717, 1.165) is 11.1 Å². The van der Waals surface area contributed by atoms with Gasteiger partial charge in [0, 0.05) is 43.7 Å². The topological polar surface area (TPSA) is 140 Å². The standard InChI is InChI=1S/C21H25F3N8O/c1-11(13-4-3-5-14(17(13)22)19(23)24)29-20-15(18(27)21(33)31(2)30-20)8-16(26)32-7-6-28-12(9-25)10-32/h3-5,8,11-12,19,26,28,33H,6-7,10,27H2,1-2H3,(H,29,30)/p-1/b15-8+,26-16?/t11-,12?/m1/s1. The van der Waals surface area contributed by atoms with Crippen LogP contribution in [-0.4, -0.2) is 54.3 Å². The number of nitrogens with one attached hydrogen (secondary N) is 3. The summed E-state index contributed by atoms with van der Waals surface area (Å²) in [5.41, 5.74) is 7.94. The summed E-state index contributed by atoms with van der Waals surface area (Å²) in [5.74, 6) is -1.51. The smallest absolute Gasteiger partial charge is 0.266 e. The van der Waals surface area contributed by atoms with Gasteiger partial charge in [-0.05, 0) is 13.0 Å². The van der Waals surface area contributed by atoms with Gasteiger partial charge in [-0.15, -0.1) is 0 Å². The summed E-state index contributed by atoms with van der Waals surface area (Å²) < 4.78 is 40.8. The van der Waals surface area contributed by atoms with E-state index in [2.05, 4.69) is 21.8 Å². The number of alkyl halides is 2. The van der Waals surface area contributed by atoms with Crippen LogP contribution in [0.25, 0.3) is 0 Å². The maximum Gasteiger partial charge on any atom is 0.266 e. The SMILES string of the molecule is C[C@@H](N=C1NN(C)C([O-])=C(N)/C1=C\C(=N)N1CCNC(C#N)C1)c1cccc(C(F)F)c1F. The average Bonchev–Trinajstić information content (AvgIpc) is 2.79. The molecule has 1 saturated heterocycles. The highest BCUT2D eigenvalue weighted by molar-refractivity contribution is 6.08. The average molecular weight is 461 g/mol. The Hall–Kier alpha value is -3.72. The molecule has 12 heteroatoms. The number of amidine groups is 2. The van der Waals surface area contributed by atoms with E-state index < -0.39 is 35.8 Å². The van der Waals surface area contributed by atoms with Crippen molar-refractivity contribution < 1.29 is 18.3 Å². The van der Waals surface area contributed by atoms with Gasteiger partial charge >= 0.3 is 0 Å². The molecule has 0 bridgehead atoms. The number of nitriles is 1. The largest absolute Gasteiger partial charge is 0.857 e. The number of piperazine rings is 1. The molecule has 0 radical (unpaired) electrons. The molecule has 1 aromatic rings. The van der Waals surface area contributed by atoms with Crippen LogP contribution in [0.3, 0.4) is 0 Å². The molecule has 9 nitrogen and oxygen atoms in total. The minimum atomic E-state index is -2.97. The number of nitrogens with zero attached hydrogens (tertiary/aromatic N) is 4. The summed E-state index contributed by atoms with van der Waals surface area (Å²) in [4.78, 5) is 6.04. The first-order valence-electron chi connectivity index (χ1n) is 10.1. The van der Waals surface area contributed by atoms with Crippen LogP contribution >= 0.6 is 0 Å². The Kier molecular flexibility index (Phi) is 7.13. The van der Waals surface area contributed by atoms with Gasteiger partial charge in [0.25, 0.3) is 6.43 Å². The molecule has 1 unspecified atom stereocenters. The minimum absolute atomic E-state index is 0.0140. The van der Waals surface area contributed by atoms with Gasteiger partial charge in [-0.1, -0.05) is 18.2 Å². The summed E-state index contributed by atoms with van der Waals surface area (Å²) >= 11 is 0. The van der Waals surface area contributed by atoms with Crippen molar-refractivity contribution in [1.29, 1.82) is 10.7 Å². The fourth-order valence-electron chi connectivity index (χ4n) is 3.54. The Morgan fingerprint density at radius 3 is 2.79 bits per heavy atom. The molecule has 3 rings (SSSR count). The molecule has 1 fully saturated rings. The maximum absolute atomic E-state index is 14.6. The van der Waals surface area contributed by atoms with E-state index in [-0.39, 0.29) is 35.0 Å². The highest BCUT2D eigenvalue weighted by Crippen LogP contribution is 2.29. The number of nitrogens with two attached hydrogens (primary N) is 1. The molecular formula is C21H24F3N8O-. The van der Waals surface area contributed by atoms with Crippen LogP contribution in [0, 0.1) is 22.6 Å². The van der Waals surface area contributed by atoms with Crippen molar-refractivity contribution in [2.24, 2.45) is 10.7 Å². The molecule has 0 aromatic heterocycles. The van der Waals surface area contributed by atoms with Gasteiger partial charge in [0.15, 0.2) is 0 Å². The van der Waals surface area contributed by atoms with Crippen molar-refractivity contribution in [3.8, 4) is 6.07 Å². The van der Waals surface area contributed by atoms with Gasteiger partial charge in [0.2, 0.25) is 0 Å². The third-order valence-corrected chi connectivity index (χ3v) is 5.37. The van der Waals surface area contributed by atoms with Gasteiger partial charge in [-0.3, -0.25) is 21.1 Å². The predicted molar refractivity (Wildman–Crippen MR) is 114 cm³/mol. The number of rotatable bonds is 4. The van der Waals surface area contributed by atoms with Crippen LogP contribution in [0.15, 0.2) is 46.4 Å². The lowest BCUT2D eigenvalue weighted by Gasteiger charge is -2.37. The number of hydrogen-bond acceptors (Lipinski definition) is 7. The highest BCUT2D eigenvalue weighted by atomic mass is 19.3. The van der Waals surface area contributed by atoms with Gasteiger partial charge in [-0.2, -0.15) is 5.26 Å². The van der Waals surface area contributed by atoms with Crippen LogP contribution in [0.4, 0.5) is 13.2 Å². The second-order valence-electron chi connectivity index (χ2n) is 7.62. The van der Waals surface area contributed by atoms with Crippen molar-refractivity contribution in [3.05, 3.63) is 58.4 Å². The van der Waals surface area contributed by atoms with E-state index in [9.17, 15) is 18.3 Å². The van der Waals surface area contributed by atoms with Crippen molar-refractivity contribution in [2.75, 3.05) is 26.7 Å². The number of benzene rings is 1. The van der Waals surface area contributed by atoms with E-state index in [1.165, 1.54) is 32.2 Å². The third kappa shape index (κ3) is 5.04. The molecular weight excluding hydrogens is 437 g/mol. The van der Waals surface area contributed by atoms with Gasteiger partial charge in [-0.25, -0.2) is 13.2 Å². The minimum Gasteiger partial charge on any atom is -0.857 e. The second-order valence-corrected chi connectivity index (χ2v) is 7.62. The predicted octanol–water partition coefficient (Wildman–Crippen LogP) is 0.862. The van der Waals surface area contributed by atoms with Crippen LogP contribution in [0.2, 0.25) is 0 Å². The fourth-order valence-corrected chi connectivity index (χ4v) is 3.54. The summed E-state index contributed by atoms with van der Waals surface area (Å²) in [6.07, 6.45) is -1.62. The Morgan fingerprint density at radius 2 is 2.12 bits per heavy atom. The first-order chi connectivity index (χ1) is 15.6. The number of aliphatic imine (C=N–C) groups is 1. The Morgan fingerprint density at radius 1 is 1.42 bits per heavy atom. The molecule has 2 heterocycles. The molecule has 1 aromatic carbocycles. The van der Waals surface area contributed by atoms with E-state index in [4.69, 9.17) is 16.4 Å². The molecule has 2 aliphatic heterocycles. The molecule has 33 heavy (non-hydrogen) atoms. The zero-order valence-electron chi connectivity index (χ0n) is 18.1. The number of hydrogen-bond donors (Lipinski definition) is 4. The lowest BCUT2D eigenvalue weighted by molar-refractivity contribution is -0.335. The van der Waals surface area contributed by atoms with E-state index >= 15 is 0 Å². The quantitative estimate of drug-likeness (QED) is 0.385. The zero-order chi connectivity index (χ0) is 24.3. The maximum atomic E-state index is 14.6. The van der Waals surface area contributed by atoms with Crippen LogP contribution in [-0.2, 0) is 0 Å². The number of hydrazine groups is 1. The van der Waals surface area contributed by atoms with Crippen LogP contribution < -0.4 is 21.6 Å². The van der Waals surface area contributed by atoms with E-state index in [1.807, 2.05) is 0 Å². The Bertz CT molecular complexity index is 1060. The summed E-state index contributed by atoms with van der Waals surface area (Å²) in [6, 6.07) is 4.43. The first kappa shape index (κ1) is 23.9. The molecule has 2 atom stereocenters. The molecule has 176 valence electrons. The van der Waals surface area contributed by atoms with Crippen molar-refractivity contribution in [3.63, 3.8) is 0 Å². The van der Waals surface area contributed by atoms with Gasteiger partial charge in [0.05, 0.1) is 23.4 Å². The van der Waals surface area contributed by atoms with Crippen molar-refractivity contribution in [2.45, 2.75) is 25.4 Å². The summed E-state index contributed by atoms with van der Waals surface area (Å²) in [5, 5.41) is 34.1.